The zero-order valence-corrected chi connectivity index (χ0v) is 15.6. The number of hydrogen-bond donors (Lipinski definition) is 1. The van der Waals surface area contributed by atoms with E-state index in [4.69, 9.17) is 0 Å². The number of nitrogens with zero attached hydrogens (tertiary/aromatic N) is 1. The van der Waals surface area contributed by atoms with Crippen LogP contribution in [0.3, 0.4) is 0 Å². The monoisotopic (exact) mass is 360 g/mol. The van der Waals surface area contributed by atoms with Gasteiger partial charge in [0.15, 0.2) is 0 Å². The SMILES string of the molecule is CC(=O)N1C=Cc2ccccc2C1CC(=O)Nc1cccc2c1CCCC2. The minimum absolute atomic E-state index is 0.0596. The molecule has 1 N–H and O–H groups in total. The molecule has 4 heteroatoms. The lowest BCUT2D eigenvalue weighted by molar-refractivity contribution is -0.129. The molecule has 27 heavy (non-hydrogen) atoms. The van der Waals surface area contributed by atoms with Gasteiger partial charge in [-0.15, -0.1) is 0 Å². The number of fused-ring (bicyclic) bond motifs is 2. The molecule has 1 heterocycles. The van der Waals surface area contributed by atoms with E-state index in [2.05, 4.69) is 11.4 Å². The van der Waals surface area contributed by atoms with Gasteiger partial charge in [-0.1, -0.05) is 36.4 Å². The molecule has 1 unspecified atom stereocenters. The highest BCUT2D eigenvalue weighted by Crippen LogP contribution is 2.34. The third-order valence-corrected chi connectivity index (χ3v) is 5.52. The van der Waals surface area contributed by atoms with Gasteiger partial charge in [-0.25, -0.2) is 0 Å². The molecule has 0 radical (unpaired) electrons. The number of carbonyl (C=O) groups is 2. The van der Waals surface area contributed by atoms with Crippen LogP contribution in [0.5, 0.6) is 0 Å². The quantitative estimate of drug-likeness (QED) is 0.878. The second-order valence-electron chi connectivity index (χ2n) is 7.29. The molecule has 1 aliphatic heterocycles. The molecule has 0 fully saturated rings. The van der Waals surface area contributed by atoms with E-state index in [0.717, 1.165) is 29.7 Å². The van der Waals surface area contributed by atoms with Crippen molar-refractivity contribution in [2.24, 2.45) is 0 Å². The Balaban J connectivity index is 1.57. The van der Waals surface area contributed by atoms with E-state index in [9.17, 15) is 9.59 Å². The second kappa shape index (κ2) is 7.39. The van der Waals surface area contributed by atoms with Crippen molar-refractivity contribution in [1.29, 1.82) is 0 Å². The lowest BCUT2D eigenvalue weighted by atomic mass is 9.90. The first-order chi connectivity index (χ1) is 13.1. The van der Waals surface area contributed by atoms with Gasteiger partial charge in [0.05, 0.1) is 12.5 Å². The largest absolute Gasteiger partial charge is 0.326 e. The molecule has 4 rings (SSSR count). The molecule has 1 aliphatic carbocycles. The van der Waals surface area contributed by atoms with Crippen LogP contribution in [-0.2, 0) is 22.4 Å². The molecule has 2 amide bonds. The molecule has 0 aromatic heterocycles. The maximum absolute atomic E-state index is 12.9. The zero-order chi connectivity index (χ0) is 18.8. The second-order valence-corrected chi connectivity index (χ2v) is 7.29. The Morgan fingerprint density at radius 2 is 1.89 bits per heavy atom. The molecule has 0 saturated carbocycles. The minimum Gasteiger partial charge on any atom is -0.326 e. The summed E-state index contributed by atoms with van der Waals surface area (Å²) in [4.78, 5) is 26.6. The van der Waals surface area contributed by atoms with Crippen molar-refractivity contribution in [2.45, 2.75) is 45.1 Å². The molecule has 2 aromatic carbocycles. The summed E-state index contributed by atoms with van der Waals surface area (Å²) in [5.41, 5.74) is 5.61. The smallest absolute Gasteiger partial charge is 0.226 e. The van der Waals surface area contributed by atoms with E-state index >= 15 is 0 Å². The predicted octanol–water partition coefficient (Wildman–Crippen LogP) is 4.47. The highest BCUT2D eigenvalue weighted by atomic mass is 16.2. The van der Waals surface area contributed by atoms with E-state index in [1.807, 2.05) is 42.5 Å². The number of aryl methyl sites for hydroxylation is 1. The summed E-state index contributed by atoms with van der Waals surface area (Å²) in [5, 5.41) is 3.11. The molecule has 2 aromatic rings. The standard InChI is InChI=1S/C23H24N2O2/c1-16(26)25-14-13-18-8-3-5-11-20(18)22(25)15-23(27)24-21-12-6-9-17-7-2-4-10-19(17)21/h3,5-6,8-9,11-14,22H,2,4,7,10,15H2,1H3,(H,24,27). The number of rotatable bonds is 3. The van der Waals surface area contributed by atoms with Crippen molar-refractivity contribution in [3.63, 3.8) is 0 Å². The Hall–Kier alpha value is -2.88. The summed E-state index contributed by atoms with van der Waals surface area (Å²) in [5.74, 6) is -0.119. The molecule has 0 bridgehead atoms. The first kappa shape index (κ1) is 17.5. The van der Waals surface area contributed by atoms with Crippen LogP contribution < -0.4 is 5.32 Å². The third-order valence-electron chi connectivity index (χ3n) is 5.52. The molecule has 2 aliphatic rings. The third kappa shape index (κ3) is 3.52. The normalized spacial score (nSPS) is 17.8. The van der Waals surface area contributed by atoms with E-state index in [1.165, 1.54) is 30.9 Å². The van der Waals surface area contributed by atoms with Crippen molar-refractivity contribution in [3.8, 4) is 0 Å². The van der Waals surface area contributed by atoms with E-state index in [1.54, 1.807) is 11.1 Å². The van der Waals surface area contributed by atoms with Crippen molar-refractivity contribution < 1.29 is 9.59 Å². The Kier molecular flexibility index (Phi) is 4.80. The molecule has 0 saturated heterocycles. The summed E-state index contributed by atoms with van der Waals surface area (Å²) in [7, 11) is 0. The fourth-order valence-electron chi connectivity index (χ4n) is 4.19. The van der Waals surface area contributed by atoms with E-state index in [-0.39, 0.29) is 24.3 Å². The van der Waals surface area contributed by atoms with Gasteiger partial charge >= 0.3 is 0 Å². The van der Waals surface area contributed by atoms with E-state index < -0.39 is 0 Å². The average Bonchev–Trinajstić information content (AvgIpc) is 2.68. The molecule has 4 nitrogen and oxygen atoms in total. The Morgan fingerprint density at radius 3 is 2.74 bits per heavy atom. The van der Waals surface area contributed by atoms with Crippen LogP contribution >= 0.6 is 0 Å². The van der Waals surface area contributed by atoms with Crippen LogP contribution in [0, 0.1) is 0 Å². The Labute approximate surface area is 159 Å². The number of anilines is 1. The van der Waals surface area contributed by atoms with Gasteiger partial charge in [0.1, 0.15) is 0 Å². The van der Waals surface area contributed by atoms with Crippen LogP contribution in [-0.4, -0.2) is 16.7 Å². The summed E-state index contributed by atoms with van der Waals surface area (Å²) < 4.78 is 0. The Morgan fingerprint density at radius 1 is 1.07 bits per heavy atom. The van der Waals surface area contributed by atoms with Crippen LogP contribution in [0.1, 0.15) is 54.5 Å². The van der Waals surface area contributed by atoms with Gasteiger partial charge in [-0.3, -0.25) is 9.59 Å². The van der Waals surface area contributed by atoms with Crippen LogP contribution in [0.25, 0.3) is 6.08 Å². The maximum Gasteiger partial charge on any atom is 0.226 e. The van der Waals surface area contributed by atoms with Gasteiger partial charge in [0.25, 0.3) is 0 Å². The molecular weight excluding hydrogens is 336 g/mol. The van der Waals surface area contributed by atoms with Crippen molar-refractivity contribution in [3.05, 3.63) is 70.9 Å². The van der Waals surface area contributed by atoms with Gasteiger partial charge in [0.2, 0.25) is 11.8 Å². The molecular formula is C23H24N2O2. The Bertz CT molecular complexity index is 916. The summed E-state index contributed by atoms with van der Waals surface area (Å²) in [6.45, 7) is 1.54. The lowest BCUT2D eigenvalue weighted by Crippen LogP contribution is -2.33. The van der Waals surface area contributed by atoms with Gasteiger partial charge in [-0.2, -0.15) is 0 Å². The average molecular weight is 360 g/mol. The lowest BCUT2D eigenvalue weighted by Gasteiger charge is -2.32. The summed E-state index contributed by atoms with van der Waals surface area (Å²) in [6.07, 6.45) is 8.43. The van der Waals surface area contributed by atoms with Crippen molar-refractivity contribution in [2.75, 3.05) is 5.32 Å². The fourth-order valence-corrected chi connectivity index (χ4v) is 4.19. The maximum atomic E-state index is 12.9. The molecule has 138 valence electrons. The first-order valence-corrected chi connectivity index (χ1v) is 9.60. The van der Waals surface area contributed by atoms with Crippen LogP contribution in [0.2, 0.25) is 0 Å². The molecule has 0 spiro atoms. The first-order valence-electron chi connectivity index (χ1n) is 9.60. The van der Waals surface area contributed by atoms with Gasteiger partial charge in [-0.05, 0) is 60.1 Å². The van der Waals surface area contributed by atoms with Crippen molar-refractivity contribution >= 4 is 23.6 Å². The number of nitrogens with one attached hydrogen (secondary N) is 1. The topological polar surface area (TPSA) is 49.4 Å². The summed E-state index contributed by atoms with van der Waals surface area (Å²) >= 11 is 0. The van der Waals surface area contributed by atoms with Gasteiger partial charge in [0, 0.05) is 18.8 Å². The van der Waals surface area contributed by atoms with E-state index in [0.29, 0.717) is 0 Å². The minimum atomic E-state index is -0.275. The zero-order valence-electron chi connectivity index (χ0n) is 15.6. The highest BCUT2D eigenvalue weighted by molar-refractivity contribution is 5.93. The number of hydrogen-bond acceptors (Lipinski definition) is 2. The summed E-state index contributed by atoms with van der Waals surface area (Å²) in [6, 6.07) is 13.8. The van der Waals surface area contributed by atoms with Gasteiger partial charge < -0.3 is 10.2 Å². The number of carbonyl (C=O) groups excluding carboxylic acids is 2. The number of amides is 2. The molecule has 1 atom stereocenters. The van der Waals surface area contributed by atoms with Crippen LogP contribution in [0.4, 0.5) is 5.69 Å². The predicted molar refractivity (Wildman–Crippen MR) is 107 cm³/mol. The number of benzene rings is 2. The fraction of sp³-hybridized carbons (Fsp3) is 0.304. The van der Waals surface area contributed by atoms with Crippen molar-refractivity contribution in [1.82, 2.24) is 4.90 Å². The van der Waals surface area contributed by atoms with Crippen LogP contribution in [0.15, 0.2) is 48.7 Å². The highest BCUT2D eigenvalue weighted by Gasteiger charge is 2.28.